The first kappa shape index (κ1) is 12.4. The van der Waals surface area contributed by atoms with Gasteiger partial charge in [0.1, 0.15) is 5.82 Å². The van der Waals surface area contributed by atoms with Crippen molar-refractivity contribution >= 4 is 23.2 Å². The molecule has 1 atom stereocenters. The third-order valence-electron chi connectivity index (χ3n) is 2.56. The lowest BCUT2D eigenvalue weighted by molar-refractivity contribution is 0.625. The van der Waals surface area contributed by atoms with Crippen molar-refractivity contribution in [3.63, 3.8) is 0 Å². The summed E-state index contributed by atoms with van der Waals surface area (Å²) < 4.78 is 13.3. The van der Waals surface area contributed by atoms with Crippen molar-refractivity contribution in [2.75, 3.05) is 0 Å². The minimum atomic E-state index is -0.428. The Bertz CT molecular complexity index is 497. The van der Waals surface area contributed by atoms with Crippen LogP contribution in [0.1, 0.15) is 16.5 Å². The molecule has 0 saturated heterocycles. The minimum absolute atomic E-state index is 0.123. The maximum absolute atomic E-state index is 13.3. The van der Waals surface area contributed by atoms with Gasteiger partial charge in [0, 0.05) is 0 Å². The van der Waals surface area contributed by atoms with Gasteiger partial charge < -0.3 is 0 Å². The smallest absolute Gasteiger partial charge is 0.142 e. The fraction of sp³-hybridized carbons (Fsp3) is 0.143. The number of halogens is 3. The van der Waals surface area contributed by atoms with Gasteiger partial charge in [-0.15, -0.1) is 11.6 Å². The zero-order valence-electron chi connectivity index (χ0n) is 9.04. The molecule has 0 radical (unpaired) electrons. The Labute approximate surface area is 110 Å². The van der Waals surface area contributed by atoms with Crippen molar-refractivity contribution in [3.05, 3.63) is 70.5 Å². The van der Waals surface area contributed by atoms with E-state index in [1.807, 2.05) is 30.3 Å². The molecule has 0 nitrogen and oxygen atoms in total. The Hall–Kier alpha value is -1.05. The summed E-state index contributed by atoms with van der Waals surface area (Å²) in [5.74, 6) is -0.428. The van der Waals surface area contributed by atoms with Crippen LogP contribution < -0.4 is 0 Å². The van der Waals surface area contributed by atoms with E-state index in [0.29, 0.717) is 6.42 Å². The lowest BCUT2D eigenvalue weighted by Crippen LogP contribution is -1.96. The van der Waals surface area contributed by atoms with Crippen LogP contribution in [0.3, 0.4) is 0 Å². The molecule has 0 heterocycles. The molecule has 2 aromatic carbocycles. The molecular formula is C14H11Cl2F. The van der Waals surface area contributed by atoms with Gasteiger partial charge >= 0.3 is 0 Å². The van der Waals surface area contributed by atoms with Crippen LogP contribution in [-0.2, 0) is 6.42 Å². The Balaban J connectivity index is 2.14. The van der Waals surface area contributed by atoms with E-state index in [1.54, 1.807) is 6.07 Å². The van der Waals surface area contributed by atoms with E-state index in [9.17, 15) is 4.39 Å². The summed E-state index contributed by atoms with van der Waals surface area (Å²) in [5, 5.41) is -0.124. The second-order valence-corrected chi connectivity index (χ2v) is 4.76. The summed E-state index contributed by atoms with van der Waals surface area (Å²) in [6, 6.07) is 14.6. The van der Waals surface area contributed by atoms with Crippen LogP contribution in [0.2, 0.25) is 5.02 Å². The van der Waals surface area contributed by atoms with Crippen LogP contribution >= 0.6 is 23.2 Å². The van der Waals surface area contributed by atoms with Gasteiger partial charge in [0.2, 0.25) is 0 Å². The molecule has 17 heavy (non-hydrogen) atoms. The lowest BCUT2D eigenvalue weighted by Gasteiger charge is -2.10. The number of benzene rings is 2. The van der Waals surface area contributed by atoms with E-state index < -0.39 is 5.82 Å². The molecule has 0 spiro atoms. The van der Waals surface area contributed by atoms with Gasteiger partial charge in [-0.25, -0.2) is 4.39 Å². The molecule has 0 aromatic heterocycles. The summed E-state index contributed by atoms with van der Waals surface area (Å²) in [6.07, 6.45) is 0.670. The third kappa shape index (κ3) is 3.21. The lowest BCUT2D eigenvalue weighted by atomic mass is 10.0. The molecule has 0 N–H and O–H groups in total. The van der Waals surface area contributed by atoms with Crippen LogP contribution in [0.5, 0.6) is 0 Å². The number of hydrogen-bond donors (Lipinski definition) is 0. The molecule has 3 heteroatoms. The van der Waals surface area contributed by atoms with Gasteiger partial charge in [0.25, 0.3) is 0 Å². The number of rotatable bonds is 3. The van der Waals surface area contributed by atoms with Crippen LogP contribution in [0, 0.1) is 5.82 Å². The van der Waals surface area contributed by atoms with Crippen LogP contribution in [0.15, 0.2) is 48.5 Å². The highest BCUT2D eigenvalue weighted by molar-refractivity contribution is 6.30. The van der Waals surface area contributed by atoms with E-state index in [-0.39, 0.29) is 10.4 Å². The van der Waals surface area contributed by atoms with Crippen molar-refractivity contribution in [1.82, 2.24) is 0 Å². The van der Waals surface area contributed by atoms with Crippen molar-refractivity contribution in [2.24, 2.45) is 0 Å². The van der Waals surface area contributed by atoms with Gasteiger partial charge in [-0.1, -0.05) is 48.0 Å². The van der Waals surface area contributed by atoms with E-state index in [0.717, 1.165) is 11.1 Å². The number of hydrogen-bond acceptors (Lipinski definition) is 0. The molecule has 0 saturated carbocycles. The third-order valence-corrected chi connectivity index (χ3v) is 3.28. The van der Waals surface area contributed by atoms with Crippen LogP contribution in [0.25, 0.3) is 0 Å². The minimum Gasteiger partial charge on any atom is -0.205 e. The molecule has 88 valence electrons. The average Bonchev–Trinajstić information content (AvgIpc) is 2.34. The largest absolute Gasteiger partial charge is 0.205 e. The molecule has 2 rings (SSSR count). The monoisotopic (exact) mass is 268 g/mol. The van der Waals surface area contributed by atoms with Crippen molar-refractivity contribution in [3.8, 4) is 0 Å². The van der Waals surface area contributed by atoms with Gasteiger partial charge in [0.05, 0.1) is 10.4 Å². The van der Waals surface area contributed by atoms with E-state index >= 15 is 0 Å². The Morgan fingerprint density at radius 3 is 2.41 bits per heavy atom. The standard InChI is InChI=1S/C14H11Cl2F/c15-12-7-6-11(9-14(12)17)13(16)8-10-4-2-1-3-5-10/h1-7,9,13H,8H2. The van der Waals surface area contributed by atoms with Gasteiger partial charge in [-0.05, 0) is 29.7 Å². The van der Waals surface area contributed by atoms with Crippen LogP contribution in [-0.4, -0.2) is 0 Å². The maximum Gasteiger partial charge on any atom is 0.142 e. The normalized spacial score (nSPS) is 12.4. The molecule has 0 aliphatic heterocycles. The first-order valence-electron chi connectivity index (χ1n) is 5.30. The topological polar surface area (TPSA) is 0 Å². The highest BCUT2D eigenvalue weighted by Gasteiger charge is 2.11. The number of alkyl halides is 1. The zero-order chi connectivity index (χ0) is 12.3. The molecule has 2 aromatic rings. The van der Waals surface area contributed by atoms with E-state index in [1.165, 1.54) is 12.1 Å². The van der Waals surface area contributed by atoms with Gasteiger partial charge in [-0.2, -0.15) is 0 Å². The predicted molar refractivity (Wildman–Crippen MR) is 70.2 cm³/mol. The highest BCUT2D eigenvalue weighted by Crippen LogP contribution is 2.27. The van der Waals surface area contributed by atoms with Crippen molar-refractivity contribution < 1.29 is 4.39 Å². The van der Waals surface area contributed by atoms with Gasteiger partial charge in [-0.3, -0.25) is 0 Å². The van der Waals surface area contributed by atoms with Crippen molar-refractivity contribution in [2.45, 2.75) is 11.8 Å². The molecular weight excluding hydrogens is 258 g/mol. The predicted octanol–water partition coefficient (Wildman–Crippen LogP) is 5.00. The molecule has 0 bridgehead atoms. The molecule has 0 aliphatic carbocycles. The maximum atomic E-state index is 13.3. The first-order valence-corrected chi connectivity index (χ1v) is 6.11. The fourth-order valence-corrected chi connectivity index (χ4v) is 2.08. The van der Waals surface area contributed by atoms with E-state index in [4.69, 9.17) is 23.2 Å². The Morgan fingerprint density at radius 1 is 1.06 bits per heavy atom. The summed E-state index contributed by atoms with van der Waals surface area (Å²) in [4.78, 5) is 0. The average molecular weight is 269 g/mol. The fourth-order valence-electron chi connectivity index (χ4n) is 1.65. The van der Waals surface area contributed by atoms with Crippen LogP contribution in [0.4, 0.5) is 4.39 Å². The second kappa shape index (κ2) is 5.52. The molecule has 0 aliphatic rings. The zero-order valence-corrected chi connectivity index (χ0v) is 10.5. The van der Waals surface area contributed by atoms with Gasteiger partial charge in [0.15, 0.2) is 0 Å². The quantitative estimate of drug-likeness (QED) is 0.688. The summed E-state index contributed by atoms with van der Waals surface area (Å²) >= 11 is 11.9. The Kier molecular flexibility index (Phi) is 4.03. The molecule has 0 amide bonds. The Morgan fingerprint density at radius 2 is 1.76 bits per heavy atom. The highest BCUT2D eigenvalue weighted by atomic mass is 35.5. The SMILES string of the molecule is Fc1cc(C(Cl)Cc2ccccc2)ccc1Cl. The molecule has 1 unspecified atom stereocenters. The molecule has 0 fully saturated rings. The first-order chi connectivity index (χ1) is 8.16. The van der Waals surface area contributed by atoms with E-state index in [2.05, 4.69) is 0 Å². The summed E-state index contributed by atoms with van der Waals surface area (Å²) in [6.45, 7) is 0. The summed E-state index contributed by atoms with van der Waals surface area (Å²) in [5.41, 5.74) is 1.88. The summed E-state index contributed by atoms with van der Waals surface area (Å²) in [7, 11) is 0. The second-order valence-electron chi connectivity index (χ2n) is 3.83. The van der Waals surface area contributed by atoms with Crippen molar-refractivity contribution in [1.29, 1.82) is 0 Å².